The fourth-order valence-electron chi connectivity index (χ4n) is 2.23. The maximum Gasteiger partial charge on any atom is 0.243 e. The minimum Gasteiger partial charge on any atom is -0.303 e. The molecule has 0 radical (unpaired) electrons. The number of amides is 2. The lowest BCUT2D eigenvalue weighted by Gasteiger charge is -2.25. The lowest BCUT2D eigenvalue weighted by atomic mass is 10.0. The molecule has 0 aromatic heterocycles. The van der Waals surface area contributed by atoms with Crippen molar-refractivity contribution in [3.05, 3.63) is 34.3 Å². The molecule has 2 unspecified atom stereocenters. The van der Waals surface area contributed by atoms with Crippen LogP contribution in [0.25, 0.3) is 0 Å². The molecule has 5 heteroatoms. The zero-order valence-corrected chi connectivity index (χ0v) is 12.4. The Morgan fingerprint density at radius 3 is 2.68 bits per heavy atom. The van der Waals surface area contributed by atoms with Crippen LogP contribution in [0.15, 0.2) is 28.7 Å². The third-order valence-electron chi connectivity index (χ3n) is 3.18. The molecular weight excluding hydrogens is 308 g/mol. The molecule has 1 aromatic rings. The lowest BCUT2D eigenvalue weighted by Crippen LogP contribution is -2.53. The summed E-state index contributed by atoms with van der Waals surface area (Å²) >= 11 is 3.40. The first-order valence-electron chi connectivity index (χ1n) is 6.39. The van der Waals surface area contributed by atoms with Gasteiger partial charge in [-0.3, -0.25) is 14.9 Å². The molecule has 0 bridgehead atoms. The minimum absolute atomic E-state index is 0.177. The predicted molar refractivity (Wildman–Crippen MR) is 76.6 cm³/mol. The van der Waals surface area contributed by atoms with Crippen molar-refractivity contribution in [3.63, 3.8) is 0 Å². The summed E-state index contributed by atoms with van der Waals surface area (Å²) in [6, 6.07) is 8.06. The Morgan fingerprint density at radius 1 is 1.37 bits per heavy atom. The molecule has 1 saturated heterocycles. The van der Waals surface area contributed by atoms with Crippen LogP contribution in [-0.4, -0.2) is 23.9 Å². The van der Waals surface area contributed by atoms with Crippen molar-refractivity contribution in [1.29, 1.82) is 0 Å². The van der Waals surface area contributed by atoms with Crippen molar-refractivity contribution in [1.82, 2.24) is 10.6 Å². The van der Waals surface area contributed by atoms with Gasteiger partial charge in [-0.25, -0.2) is 0 Å². The van der Waals surface area contributed by atoms with Crippen molar-refractivity contribution >= 4 is 27.7 Å². The highest BCUT2D eigenvalue weighted by atomic mass is 79.9. The van der Waals surface area contributed by atoms with Crippen LogP contribution in [0.3, 0.4) is 0 Å². The number of carbonyl (C=O) groups is 2. The summed E-state index contributed by atoms with van der Waals surface area (Å²) < 4.78 is 1.06. The molecule has 0 spiro atoms. The number of rotatable bonds is 4. The van der Waals surface area contributed by atoms with Crippen LogP contribution in [0.4, 0.5) is 0 Å². The molecule has 4 nitrogen and oxygen atoms in total. The van der Waals surface area contributed by atoms with E-state index >= 15 is 0 Å². The van der Waals surface area contributed by atoms with Gasteiger partial charge in [0, 0.05) is 16.9 Å². The van der Waals surface area contributed by atoms with Gasteiger partial charge in [0.05, 0.1) is 6.04 Å². The zero-order chi connectivity index (χ0) is 13.8. The Morgan fingerprint density at radius 2 is 2.05 bits per heavy atom. The predicted octanol–water partition coefficient (Wildman–Crippen LogP) is 1.77. The number of carbonyl (C=O) groups excluding carboxylic acids is 2. The first kappa shape index (κ1) is 14.2. The number of hydrogen-bond acceptors (Lipinski definition) is 3. The van der Waals surface area contributed by atoms with Crippen molar-refractivity contribution in [2.75, 3.05) is 0 Å². The van der Waals surface area contributed by atoms with Gasteiger partial charge in [0.15, 0.2) is 0 Å². The number of halogens is 1. The fourth-order valence-corrected chi connectivity index (χ4v) is 2.49. The van der Waals surface area contributed by atoms with E-state index in [4.69, 9.17) is 0 Å². The molecule has 2 amide bonds. The average Bonchev–Trinajstić information content (AvgIpc) is 2.36. The van der Waals surface area contributed by atoms with Crippen molar-refractivity contribution < 1.29 is 9.59 Å². The molecular formula is C14H17BrN2O2. The molecule has 2 rings (SSSR count). The molecule has 19 heavy (non-hydrogen) atoms. The monoisotopic (exact) mass is 324 g/mol. The van der Waals surface area contributed by atoms with E-state index < -0.39 is 0 Å². The minimum atomic E-state index is -0.261. The van der Waals surface area contributed by atoms with Crippen LogP contribution in [0.1, 0.15) is 25.3 Å². The summed E-state index contributed by atoms with van der Waals surface area (Å²) in [5, 5.41) is 5.64. The third-order valence-corrected chi connectivity index (χ3v) is 3.71. The fraction of sp³-hybridized carbons (Fsp3) is 0.429. The second-order valence-corrected chi connectivity index (χ2v) is 5.82. The summed E-state index contributed by atoms with van der Waals surface area (Å²) in [7, 11) is 0. The van der Waals surface area contributed by atoms with E-state index in [-0.39, 0.29) is 23.9 Å². The Bertz CT molecular complexity index is 473. The van der Waals surface area contributed by atoms with E-state index in [1.807, 2.05) is 19.1 Å². The number of benzene rings is 1. The standard InChI is InChI=1S/C14H17BrN2O2/c1-9(8-10-2-4-11(15)5-3-10)16-12-6-7-13(18)17-14(12)19/h2-5,9,12,16H,6-8H2,1H3,(H,17,18,19). The maximum absolute atomic E-state index is 11.6. The van der Waals surface area contributed by atoms with Crippen LogP contribution in [0, 0.1) is 0 Å². The molecule has 2 atom stereocenters. The summed E-state index contributed by atoms with van der Waals surface area (Å²) in [6.07, 6.45) is 1.84. The molecule has 1 fully saturated rings. The highest BCUT2D eigenvalue weighted by Gasteiger charge is 2.27. The zero-order valence-electron chi connectivity index (χ0n) is 10.8. The van der Waals surface area contributed by atoms with E-state index in [1.54, 1.807) is 0 Å². The van der Waals surface area contributed by atoms with Crippen molar-refractivity contribution in [2.24, 2.45) is 0 Å². The van der Waals surface area contributed by atoms with E-state index in [0.29, 0.717) is 12.8 Å². The lowest BCUT2D eigenvalue weighted by molar-refractivity contribution is -0.134. The smallest absolute Gasteiger partial charge is 0.243 e. The normalized spacial score (nSPS) is 21.1. The number of hydrogen-bond donors (Lipinski definition) is 2. The summed E-state index contributed by atoms with van der Waals surface area (Å²) in [6.45, 7) is 2.05. The molecule has 1 heterocycles. The molecule has 1 aliphatic rings. The van der Waals surface area contributed by atoms with Gasteiger partial charge >= 0.3 is 0 Å². The molecule has 1 aliphatic heterocycles. The largest absolute Gasteiger partial charge is 0.303 e. The van der Waals surface area contributed by atoms with Gasteiger partial charge in [0.1, 0.15) is 0 Å². The highest BCUT2D eigenvalue weighted by Crippen LogP contribution is 2.13. The molecule has 102 valence electrons. The molecule has 1 aromatic carbocycles. The van der Waals surface area contributed by atoms with Gasteiger partial charge in [-0.05, 0) is 37.5 Å². The first-order chi connectivity index (χ1) is 9.04. The Balaban J connectivity index is 1.87. The van der Waals surface area contributed by atoms with E-state index in [0.717, 1.165) is 10.9 Å². The van der Waals surface area contributed by atoms with Crippen molar-refractivity contribution in [3.8, 4) is 0 Å². The SMILES string of the molecule is CC(Cc1ccc(Br)cc1)NC1CCC(=O)NC1=O. The molecule has 2 N–H and O–H groups in total. The van der Waals surface area contributed by atoms with E-state index in [1.165, 1.54) is 5.56 Å². The molecule has 0 aliphatic carbocycles. The number of nitrogens with one attached hydrogen (secondary N) is 2. The third kappa shape index (κ3) is 4.14. The number of imide groups is 1. The van der Waals surface area contributed by atoms with E-state index in [9.17, 15) is 9.59 Å². The quantitative estimate of drug-likeness (QED) is 0.830. The number of piperidine rings is 1. The van der Waals surface area contributed by atoms with Gasteiger partial charge < -0.3 is 5.32 Å². The summed E-state index contributed by atoms with van der Waals surface area (Å²) in [4.78, 5) is 22.7. The maximum atomic E-state index is 11.6. The van der Waals surface area contributed by atoms with Gasteiger partial charge in [-0.2, -0.15) is 0 Å². The Hall–Kier alpha value is -1.20. The van der Waals surface area contributed by atoms with Crippen LogP contribution in [0.2, 0.25) is 0 Å². The van der Waals surface area contributed by atoms with Gasteiger partial charge in [0.2, 0.25) is 11.8 Å². The van der Waals surface area contributed by atoms with Gasteiger partial charge in [-0.15, -0.1) is 0 Å². The summed E-state index contributed by atoms with van der Waals surface area (Å²) in [5.74, 6) is -0.387. The van der Waals surface area contributed by atoms with E-state index in [2.05, 4.69) is 38.7 Å². The second-order valence-electron chi connectivity index (χ2n) is 4.90. The van der Waals surface area contributed by atoms with Crippen molar-refractivity contribution in [2.45, 2.75) is 38.3 Å². The Kier molecular flexibility index (Phi) is 4.71. The topological polar surface area (TPSA) is 58.2 Å². The molecule has 0 saturated carbocycles. The first-order valence-corrected chi connectivity index (χ1v) is 7.18. The summed E-state index contributed by atoms with van der Waals surface area (Å²) in [5.41, 5.74) is 1.22. The van der Waals surface area contributed by atoms with Crippen LogP contribution in [-0.2, 0) is 16.0 Å². The van der Waals surface area contributed by atoms with Gasteiger partial charge in [0.25, 0.3) is 0 Å². The van der Waals surface area contributed by atoms with Crippen LogP contribution in [0.5, 0.6) is 0 Å². The second kappa shape index (κ2) is 6.30. The van der Waals surface area contributed by atoms with Gasteiger partial charge in [-0.1, -0.05) is 28.1 Å². The Labute approximate surface area is 121 Å². The average molecular weight is 325 g/mol. The van der Waals surface area contributed by atoms with Crippen LogP contribution >= 0.6 is 15.9 Å². The highest BCUT2D eigenvalue weighted by molar-refractivity contribution is 9.10. The van der Waals surface area contributed by atoms with Crippen LogP contribution < -0.4 is 10.6 Å².